The lowest BCUT2D eigenvalue weighted by Crippen LogP contribution is -2.22. The Hall–Kier alpha value is -4.89. The van der Waals surface area contributed by atoms with Crippen LogP contribution in [0.15, 0.2) is 101 Å². The maximum Gasteiger partial charge on any atom is 0.271 e. The second-order valence-electron chi connectivity index (χ2n) is 8.01. The Kier molecular flexibility index (Phi) is 5.24. The van der Waals surface area contributed by atoms with Crippen LogP contribution in [0.2, 0.25) is 0 Å². The number of hydrogen-bond acceptors (Lipinski definition) is 7. The van der Waals surface area contributed by atoms with Crippen molar-refractivity contribution < 1.29 is 14.1 Å². The predicted molar refractivity (Wildman–Crippen MR) is 138 cm³/mol. The van der Waals surface area contributed by atoms with Gasteiger partial charge in [-0.15, -0.1) is 16.4 Å². The number of thiazole rings is 1. The lowest BCUT2D eigenvalue weighted by Gasteiger charge is -2.06. The van der Waals surface area contributed by atoms with E-state index in [2.05, 4.69) is 10.5 Å². The van der Waals surface area contributed by atoms with Crippen LogP contribution in [-0.2, 0) is 0 Å². The van der Waals surface area contributed by atoms with Crippen molar-refractivity contribution in [2.24, 2.45) is 5.10 Å². The van der Waals surface area contributed by atoms with E-state index in [1.807, 2.05) is 66.7 Å². The van der Waals surface area contributed by atoms with Gasteiger partial charge in [0.15, 0.2) is 0 Å². The van der Waals surface area contributed by atoms with Gasteiger partial charge in [-0.05, 0) is 41.1 Å². The highest BCUT2D eigenvalue weighted by molar-refractivity contribution is 7.21. The summed E-state index contributed by atoms with van der Waals surface area (Å²) < 4.78 is 7.19. The molecule has 0 saturated carbocycles. The molecule has 6 aromatic rings. The van der Waals surface area contributed by atoms with Crippen LogP contribution in [0, 0.1) is 10.1 Å². The molecule has 1 amide bonds. The monoisotopic (exact) mass is 492 g/mol. The first-order valence-electron chi connectivity index (χ1n) is 11.0. The number of aromatic nitrogens is 1. The van der Waals surface area contributed by atoms with Crippen LogP contribution in [0.5, 0.6) is 0 Å². The third-order valence-electron chi connectivity index (χ3n) is 5.76. The third kappa shape index (κ3) is 3.87. The molecule has 0 saturated heterocycles. The molecule has 0 spiro atoms. The lowest BCUT2D eigenvalue weighted by molar-refractivity contribution is -0.384. The second-order valence-corrected chi connectivity index (χ2v) is 9.04. The number of benzene rings is 4. The first kappa shape index (κ1) is 21.6. The number of nitro benzene ring substituents is 1. The summed E-state index contributed by atoms with van der Waals surface area (Å²) in [5, 5.41) is 19.0. The van der Waals surface area contributed by atoms with Gasteiger partial charge in [-0.2, -0.15) is 0 Å². The number of para-hydroxylation sites is 1. The fourth-order valence-corrected chi connectivity index (χ4v) is 5.00. The van der Waals surface area contributed by atoms with Crippen LogP contribution >= 0.6 is 11.3 Å². The zero-order chi connectivity index (χ0) is 24.6. The molecule has 4 aromatic carbocycles. The van der Waals surface area contributed by atoms with E-state index in [0.29, 0.717) is 16.2 Å². The average Bonchev–Trinajstić information content (AvgIpc) is 3.35. The van der Waals surface area contributed by atoms with E-state index in [4.69, 9.17) is 9.40 Å². The number of carbonyl (C=O) groups is 1. The van der Waals surface area contributed by atoms with Crippen molar-refractivity contribution in [3.05, 3.63) is 112 Å². The highest BCUT2D eigenvalue weighted by Crippen LogP contribution is 2.32. The molecule has 0 fully saturated rings. The van der Waals surface area contributed by atoms with E-state index >= 15 is 0 Å². The van der Waals surface area contributed by atoms with Crippen LogP contribution in [0.25, 0.3) is 42.5 Å². The first-order valence-corrected chi connectivity index (χ1v) is 11.8. The number of hydrogen-bond donors (Lipinski definition) is 1. The predicted octanol–water partition coefficient (Wildman–Crippen LogP) is 6.02. The van der Waals surface area contributed by atoms with Gasteiger partial charge < -0.3 is 4.42 Å². The summed E-state index contributed by atoms with van der Waals surface area (Å²) in [6, 6.07) is 27.1. The number of nitro groups is 1. The Labute approximate surface area is 207 Å². The van der Waals surface area contributed by atoms with Gasteiger partial charge in [0.2, 0.25) is 5.55 Å². The van der Waals surface area contributed by atoms with Crippen molar-refractivity contribution in [2.45, 2.75) is 0 Å². The number of nitrogens with zero attached hydrogens (tertiary/aromatic N) is 3. The Morgan fingerprint density at radius 2 is 1.78 bits per heavy atom. The molecule has 2 heterocycles. The molecule has 8 nitrogen and oxygen atoms in total. The van der Waals surface area contributed by atoms with E-state index in [1.54, 1.807) is 0 Å². The van der Waals surface area contributed by atoms with Gasteiger partial charge in [-0.3, -0.25) is 14.9 Å². The summed E-state index contributed by atoms with van der Waals surface area (Å²) in [4.78, 5) is 28.0. The molecule has 0 aliphatic rings. The van der Waals surface area contributed by atoms with Gasteiger partial charge in [0.1, 0.15) is 10.6 Å². The first-order chi connectivity index (χ1) is 17.6. The summed E-state index contributed by atoms with van der Waals surface area (Å²) in [6.45, 7) is 0. The summed E-state index contributed by atoms with van der Waals surface area (Å²) in [7, 11) is 0. The minimum atomic E-state index is -0.595. The average molecular weight is 493 g/mol. The minimum Gasteiger partial charge on any atom is -0.436 e. The molecule has 174 valence electrons. The van der Waals surface area contributed by atoms with Crippen molar-refractivity contribution >= 4 is 54.9 Å². The van der Waals surface area contributed by atoms with E-state index in [0.717, 1.165) is 26.4 Å². The molecular formula is C27H16N4O4S. The molecule has 0 aliphatic carbocycles. The fourth-order valence-electron chi connectivity index (χ4n) is 4.03. The van der Waals surface area contributed by atoms with Crippen molar-refractivity contribution in [3.8, 4) is 10.6 Å². The number of nitrogens with one attached hydrogen (secondary N) is 1. The van der Waals surface area contributed by atoms with Gasteiger partial charge in [-0.25, -0.2) is 10.4 Å². The Morgan fingerprint density at radius 1 is 0.944 bits per heavy atom. The number of carbonyl (C=O) groups excluding carboxylic acids is 1. The highest BCUT2D eigenvalue weighted by Gasteiger charge is 2.15. The smallest absolute Gasteiger partial charge is 0.271 e. The van der Waals surface area contributed by atoms with E-state index in [1.165, 1.54) is 35.6 Å². The standard InChI is InChI=1S/C27H16N4O4S/c32-25(17-7-5-8-18(14-17)31(33)34)29-30-26-21(27-28-22-10-3-4-11-24(22)36-27)15-20-19-9-2-1-6-16(19)12-13-23(20)35-26/h1-15H,(H,29,32)/b30-26+. The molecule has 6 rings (SSSR count). The van der Waals surface area contributed by atoms with E-state index in [9.17, 15) is 14.9 Å². The lowest BCUT2D eigenvalue weighted by atomic mass is 10.0. The molecule has 36 heavy (non-hydrogen) atoms. The Bertz CT molecular complexity index is 1860. The molecular weight excluding hydrogens is 476 g/mol. The minimum absolute atomic E-state index is 0.112. The van der Waals surface area contributed by atoms with Crippen molar-refractivity contribution in [3.63, 3.8) is 0 Å². The molecule has 0 bridgehead atoms. The SMILES string of the molecule is O=C(N/N=c1/oc2ccc3ccccc3c2cc1-c1nc2ccccc2s1)c1cccc([N+](=O)[O-])c1. The van der Waals surface area contributed by atoms with Gasteiger partial charge in [0.25, 0.3) is 11.6 Å². The van der Waals surface area contributed by atoms with Crippen molar-refractivity contribution in [1.82, 2.24) is 10.4 Å². The van der Waals surface area contributed by atoms with Crippen LogP contribution in [0.1, 0.15) is 10.4 Å². The quantitative estimate of drug-likeness (QED) is 0.184. The zero-order valence-electron chi connectivity index (χ0n) is 18.5. The number of amides is 1. The van der Waals surface area contributed by atoms with Crippen molar-refractivity contribution in [2.75, 3.05) is 0 Å². The molecule has 0 atom stereocenters. The third-order valence-corrected chi connectivity index (χ3v) is 6.83. The van der Waals surface area contributed by atoms with Crippen LogP contribution in [0.3, 0.4) is 0 Å². The largest absolute Gasteiger partial charge is 0.436 e. The Balaban J connectivity index is 1.52. The molecule has 0 unspecified atom stereocenters. The molecule has 0 radical (unpaired) electrons. The molecule has 2 aromatic heterocycles. The summed E-state index contributed by atoms with van der Waals surface area (Å²) in [5.74, 6) is -0.595. The van der Waals surface area contributed by atoms with E-state index in [-0.39, 0.29) is 16.8 Å². The summed E-state index contributed by atoms with van der Waals surface area (Å²) in [5.41, 5.74) is 4.65. The summed E-state index contributed by atoms with van der Waals surface area (Å²) >= 11 is 1.50. The van der Waals surface area contributed by atoms with Gasteiger partial charge >= 0.3 is 0 Å². The fraction of sp³-hybridized carbons (Fsp3) is 0. The maximum absolute atomic E-state index is 12.7. The number of non-ortho nitro benzene ring substituents is 1. The van der Waals surface area contributed by atoms with Gasteiger partial charge in [0.05, 0.1) is 20.7 Å². The van der Waals surface area contributed by atoms with Crippen molar-refractivity contribution in [1.29, 1.82) is 0 Å². The van der Waals surface area contributed by atoms with Gasteiger partial charge in [0, 0.05) is 23.1 Å². The molecule has 1 N–H and O–H groups in total. The van der Waals surface area contributed by atoms with E-state index < -0.39 is 10.8 Å². The number of fused-ring (bicyclic) bond motifs is 4. The zero-order valence-corrected chi connectivity index (χ0v) is 19.4. The normalized spacial score (nSPS) is 11.8. The highest BCUT2D eigenvalue weighted by atomic mass is 32.1. The molecule has 9 heteroatoms. The van der Waals surface area contributed by atoms with Gasteiger partial charge in [-0.1, -0.05) is 48.5 Å². The van der Waals surface area contributed by atoms with Crippen LogP contribution < -0.4 is 11.0 Å². The maximum atomic E-state index is 12.7. The summed E-state index contributed by atoms with van der Waals surface area (Å²) in [6.07, 6.45) is 0. The molecule has 0 aliphatic heterocycles. The second kappa shape index (κ2) is 8.71. The van der Waals surface area contributed by atoms with Crippen LogP contribution in [0.4, 0.5) is 5.69 Å². The topological polar surface area (TPSA) is 111 Å². The van der Waals surface area contributed by atoms with Crippen LogP contribution in [-0.4, -0.2) is 15.8 Å². The number of rotatable bonds is 4. The Morgan fingerprint density at radius 3 is 2.64 bits per heavy atom.